The van der Waals surface area contributed by atoms with Crippen LogP contribution in [-0.4, -0.2) is 21.7 Å². The van der Waals surface area contributed by atoms with E-state index in [4.69, 9.17) is 9.72 Å². The summed E-state index contributed by atoms with van der Waals surface area (Å²) in [5, 5.41) is 13.7. The molecule has 1 atom stereocenters. The molecule has 212 valence electrons. The van der Waals surface area contributed by atoms with Gasteiger partial charge in [-0.1, -0.05) is 90.1 Å². The zero-order valence-electron chi connectivity index (χ0n) is 24.9. The maximum absolute atomic E-state index is 13.7. The number of para-hydroxylation sites is 1. The van der Waals surface area contributed by atoms with Crippen LogP contribution in [0.25, 0.3) is 21.7 Å². The highest BCUT2D eigenvalue weighted by atomic mass is 16.5. The fraction of sp³-hybridized carbons (Fsp3) is 0.270. The molecule has 0 radical (unpaired) electrons. The third-order valence-electron chi connectivity index (χ3n) is 8.15. The number of Topliss-reactive ketones (excluding diaryl/α,β-unsaturated/α-hetero) is 2. The lowest BCUT2D eigenvalue weighted by Crippen LogP contribution is -2.18. The van der Waals surface area contributed by atoms with Crippen molar-refractivity contribution in [3.8, 4) is 11.5 Å². The van der Waals surface area contributed by atoms with Crippen molar-refractivity contribution < 1.29 is 19.4 Å². The molecule has 1 aliphatic carbocycles. The minimum atomic E-state index is -0.982. The highest BCUT2D eigenvalue weighted by Crippen LogP contribution is 2.41. The molecule has 0 bridgehead atoms. The minimum Gasteiger partial charge on any atom is -0.507 e. The molecule has 5 heteroatoms. The van der Waals surface area contributed by atoms with Crippen LogP contribution in [0.2, 0.25) is 0 Å². The Bertz CT molecular complexity index is 1870. The SMILES string of the molecule is CC(C)(C)c1cc(COc2cccc3ccc(C4C(=O)c5ccc6ccccc6c5C4=O)nc23)cc(C(C)(C)C)c1O. The van der Waals surface area contributed by atoms with Crippen molar-refractivity contribution in [2.45, 2.75) is 64.9 Å². The van der Waals surface area contributed by atoms with Gasteiger partial charge in [-0.3, -0.25) is 9.59 Å². The van der Waals surface area contributed by atoms with Crippen molar-refractivity contribution in [2.75, 3.05) is 0 Å². The highest BCUT2D eigenvalue weighted by molar-refractivity contribution is 6.33. The number of aromatic hydroxyl groups is 1. The van der Waals surface area contributed by atoms with Crippen molar-refractivity contribution >= 4 is 33.2 Å². The van der Waals surface area contributed by atoms with Gasteiger partial charge in [0.25, 0.3) is 0 Å². The summed E-state index contributed by atoms with van der Waals surface area (Å²) in [6, 6.07) is 24.7. The van der Waals surface area contributed by atoms with Crippen LogP contribution in [0.15, 0.2) is 78.9 Å². The number of aromatic nitrogens is 1. The number of phenolic OH excluding ortho intramolecular Hbond substituents is 1. The first-order valence-electron chi connectivity index (χ1n) is 14.3. The Morgan fingerprint density at radius 3 is 2.10 bits per heavy atom. The van der Waals surface area contributed by atoms with E-state index < -0.39 is 5.92 Å². The summed E-state index contributed by atoms with van der Waals surface area (Å²) in [6.07, 6.45) is 0. The molecule has 1 unspecified atom stereocenters. The smallest absolute Gasteiger partial charge is 0.181 e. The number of pyridine rings is 1. The molecule has 1 N–H and O–H groups in total. The molecule has 0 spiro atoms. The molecule has 5 nitrogen and oxygen atoms in total. The Labute approximate surface area is 246 Å². The summed E-state index contributed by atoms with van der Waals surface area (Å²) in [4.78, 5) is 32.1. The first-order chi connectivity index (χ1) is 19.8. The zero-order valence-corrected chi connectivity index (χ0v) is 24.9. The normalized spacial score (nSPS) is 15.4. The van der Waals surface area contributed by atoms with Gasteiger partial charge in [0.15, 0.2) is 11.6 Å². The maximum atomic E-state index is 13.7. The van der Waals surface area contributed by atoms with Gasteiger partial charge in [0.05, 0.1) is 5.69 Å². The minimum absolute atomic E-state index is 0.217. The molecule has 0 fully saturated rings. The number of phenols is 1. The molecule has 0 amide bonds. The number of carbonyl (C=O) groups is 2. The van der Waals surface area contributed by atoms with E-state index >= 15 is 0 Å². The van der Waals surface area contributed by atoms with Crippen LogP contribution in [-0.2, 0) is 17.4 Å². The molecular weight excluding hydrogens is 522 g/mol. The fourth-order valence-corrected chi connectivity index (χ4v) is 5.92. The average molecular weight is 558 g/mol. The molecule has 4 aromatic carbocycles. The number of hydrogen-bond donors (Lipinski definition) is 1. The van der Waals surface area contributed by atoms with Crippen LogP contribution in [0.5, 0.6) is 11.5 Å². The fourth-order valence-electron chi connectivity index (χ4n) is 5.92. The summed E-state index contributed by atoms with van der Waals surface area (Å²) >= 11 is 0. The second kappa shape index (κ2) is 9.80. The number of ether oxygens (including phenoxy) is 1. The Hall–Kier alpha value is -4.51. The molecule has 1 aliphatic rings. The first-order valence-corrected chi connectivity index (χ1v) is 14.3. The van der Waals surface area contributed by atoms with Crippen molar-refractivity contribution in [2.24, 2.45) is 0 Å². The molecule has 42 heavy (non-hydrogen) atoms. The molecule has 0 saturated heterocycles. The van der Waals surface area contributed by atoms with Crippen molar-refractivity contribution in [1.29, 1.82) is 0 Å². The molecule has 0 aliphatic heterocycles. The lowest BCUT2D eigenvalue weighted by molar-refractivity contribution is 0.0888. The topological polar surface area (TPSA) is 76.5 Å². The Balaban J connectivity index is 1.37. The van der Waals surface area contributed by atoms with Crippen LogP contribution in [0.1, 0.15) is 90.6 Å². The van der Waals surface area contributed by atoms with Gasteiger partial charge in [-0.15, -0.1) is 0 Å². The van der Waals surface area contributed by atoms with Gasteiger partial charge in [-0.05, 0) is 68.6 Å². The van der Waals surface area contributed by atoms with E-state index in [1.165, 1.54) is 0 Å². The number of carbonyl (C=O) groups excluding carboxylic acids is 2. The van der Waals surface area contributed by atoms with E-state index in [2.05, 4.69) is 41.5 Å². The van der Waals surface area contributed by atoms with Gasteiger partial charge in [0.1, 0.15) is 29.5 Å². The van der Waals surface area contributed by atoms with Crippen molar-refractivity contribution in [1.82, 2.24) is 4.98 Å². The number of ketones is 2. The average Bonchev–Trinajstić information content (AvgIpc) is 3.20. The zero-order chi connectivity index (χ0) is 30.0. The molecule has 0 saturated carbocycles. The quantitative estimate of drug-likeness (QED) is 0.224. The van der Waals surface area contributed by atoms with Crippen LogP contribution in [0.3, 0.4) is 0 Å². The van der Waals surface area contributed by atoms with Gasteiger partial charge in [0, 0.05) is 16.5 Å². The molecule has 5 aromatic rings. The second-order valence-electron chi connectivity index (χ2n) is 13.3. The number of benzene rings is 4. The summed E-state index contributed by atoms with van der Waals surface area (Å²) in [5.74, 6) is -0.526. The second-order valence-corrected chi connectivity index (χ2v) is 13.3. The van der Waals surface area contributed by atoms with Crippen LogP contribution < -0.4 is 4.74 Å². The number of nitrogens with zero attached hydrogens (tertiary/aromatic N) is 1. The summed E-state index contributed by atoms with van der Waals surface area (Å²) in [6.45, 7) is 12.8. The Morgan fingerprint density at radius 2 is 1.40 bits per heavy atom. The predicted octanol–water partition coefficient (Wildman–Crippen LogP) is 8.43. The molecule has 6 rings (SSSR count). The molecule has 1 aromatic heterocycles. The van der Waals surface area contributed by atoms with Crippen molar-refractivity contribution in [3.63, 3.8) is 0 Å². The van der Waals surface area contributed by atoms with E-state index in [9.17, 15) is 14.7 Å². The van der Waals surface area contributed by atoms with Gasteiger partial charge < -0.3 is 9.84 Å². The Kier molecular flexibility index (Phi) is 6.45. The lowest BCUT2D eigenvalue weighted by Gasteiger charge is -2.28. The van der Waals surface area contributed by atoms with Gasteiger partial charge in [0.2, 0.25) is 0 Å². The van der Waals surface area contributed by atoms with E-state index in [-0.39, 0.29) is 29.0 Å². The van der Waals surface area contributed by atoms with Crippen molar-refractivity contribution in [3.05, 3.63) is 112 Å². The standard InChI is InChI=1S/C37H35NO4/c1-36(2,3)26-18-21(19-27(34(26)40)37(4,5)6)20-42-29-13-9-11-23-15-17-28(38-32(23)29)31-33(39)25-16-14-22-10-7-8-12-24(22)30(25)35(31)41/h7-19,31,40H,20H2,1-6H3. The molecular formula is C37H35NO4. The highest BCUT2D eigenvalue weighted by Gasteiger charge is 2.41. The van der Waals surface area contributed by atoms with E-state index in [1.54, 1.807) is 12.1 Å². The van der Waals surface area contributed by atoms with Crippen LogP contribution >= 0.6 is 0 Å². The van der Waals surface area contributed by atoms with Gasteiger partial charge in [-0.25, -0.2) is 4.98 Å². The largest absolute Gasteiger partial charge is 0.507 e. The van der Waals surface area contributed by atoms with Gasteiger partial charge in [-0.2, -0.15) is 0 Å². The lowest BCUT2D eigenvalue weighted by atomic mass is 9.78. The number of fused-ring (bicyclic) bond motifs is 4. The first kappa shape index (κ1) is 27.6. The van der Waals surface area contributed by atoms with Gasteiger partial charge >= 0.3 is 0 Å². The Morgan fingerprint density at radius 1 is 0.762 bits per heavy atom. The molecule has 1 heterocycles. The van der Waals surface area contributed by atoms with Crippen LogP contribution in [0.4, 0.5) is 0 Å². The van der Waals surface area contributed by atoms with E-state index in [1.807, 2.05) is 66.7 Å². The summed E-state index contributed by atoms with van der Waals surface area (Å²) in [5.41, 5.74) is 4.14. The monoisotopic (exact) mass is 557 g/mol. The number of rotatable bonds is 4. The predicted molar refractivity (Wildman–Crippen MR) is 167 cm³/mol. The van der Waals surface area contributed by atoms with Crippen LogP contribution in [0, 0.1) is 0 Å². The number of hydrogen-bond acceptors (Lipinski definition) is 5. The third kappa shape index (κ3) is 4.63. The third-order valence-corrected chi connectivity index (χ3v) is 8.15. The summed E-state index contributed by atoms with van der Waals surface area (Å²) in [7, 11) is 0. The summed E-state index contributed by atoms with van der Waals surface area (Å²) < 4.78 is 6.36. The van der Waals surface area contributed by atoms with E-state index in [0.717, 1.165) is 32.8 Å². The van der Waals surface area contributed by atoms with E-state index in [0.29, 0.717) is 33.8 Å². The maximum Gasteiger partial charge on any atom is 0.181 e.